The van der Waals surface area contributed by atoms with E-state index >= 15 is 0 Å². The van der Waals surface area contributed by atoms with E-state index in [4.69, 9.17) is 0 Å². The molecule has 3 nitrogen and oxygen atoms in total. The molecule has 1 heterocycles. The average Bonchev–Trinajstić information content (AvgIpc) is 3.05. The van der Waals surface area contributed by atoms with Crippen LogP contribution in [0, 0.1) is 0 Å². The van der Waals surface area contributed by atoms with Gasteiger partial charge in [0, 0.05) is 6.54 Å². The second-order valence-corrected chi connectivity index (χ2v) is 6.26. The average molecular weight is 308 g/mol. The van der Waals surface area contributed by atoms with Crippen molar-refractivity contribution in [3.63, 3.8) is 0 Å². The lowest BCUT2D eigenvalue weighted by Crippen LogP contribution is -2.43. The zero-order chi connectivity index (χ0) is 16.1. The van der Waals surface area contributed by atoms with Crippen LogP contribution in [0.2, 0.25) is 0 Å². The van der Waals surface area contributed by atoms with Crippen LogP contribution in [0.5, 0.6) is 0 Å². The van der Waals surface area contributed by atoms with Gasteiger partial charge >= 0.3 is 0 Å². The van der Waals surface area contributed by atoms with Gasteiger partial charge < -0.3 is 5.32 Å². The summed E-state index contributed by atoms with van der Waals surface area (Å²) in [6, 6.07) is 20.5. The molecule has 2 aromatic carbocycles. The van der Waals surface area contributed by atoms with Gasteiger partial charge in [-0.15, -0.1) is 0 Å². The number of rotatable bonds is 5. The molecule has 0 saturated carbocycles. The first kappa shape index (κ1) is 15.8. The van der Waals surface area contributed by atoms with Crippen molar-refractivity contribution in [1.29, 1.82) is 0 Å². The van der Waals surface area contributed by atoms with Crippen LogP contribution in [0.25, 0.3) is 0 Å². The summed E-state index contributed by atoms with van der Waals surface area (Å²) in [4.78, 5) is 15.0. The SMILES string of the molecule is CC(NC(=O)C1CCCN1Cc1ccccc1)c1ccccc1. The van der Waals surface area contributed by atoms with Crippen LogP contribution in [0.4, 0.5) is 0 Å². The summed E-state index contributed by atoms with van der Waals surface area (Å²) in [5.41, 5.74) is 2.41. The molecule has 1 fully saturated rings. The van der Waals surface area contributed by atoms with Crippen LogP contribution >= 0.6 is 0 Å². The standard InChI is InChI=1S/C20H24N2O/c1-16(18-11-6-3-7-12-18)21-20(23)19-13-8-14-22(19)15-17-9-4-2-5-10-17/h2-7,9-12,16,19H,8,13-15H2,1H3,(H,21,23). The lowest BCUT2D eigenvalue weighted by atomic mass is 10.1. The topological polar surface area (TPSA) is 32.3 Å². The Balaban J connectivity index is 1.62. The van der Waals surface area contributed by atoms with Crippen LogP contribution in [0.1, 0.15) is 36.9 Å². The lowest BCUT2D eigenvalue weighted by Gasteiger charge is -2.25. The van der Waals surface area contributed by atoms with Crippen LogP contribution in [0.15, 0.2) is 60.7 Å². The number of carbonyl (C=O) groups excluding carboxylic acids is 1. The Labute approximate surface area is 138 Å². The monoisotopic (exact) mass is 308 g/mol. The normalized spacial score (nSPS) is 19.4. The van der Waals surface area contributed by atoms with Crippen molar-refractivity contribution >= 4 is 5.91 Å². The van der Waals surface area contributed by atoms with E-state index in [1.165, 1.54) is 5.56 Å². The predicted molar refractivity (Wildman–Crippen MR) is 92.9 cm³/mol. The molecule has 0 aliphatic carbocycles. The second-order valence-electron chi connectivity index (χ2n) is 6.26. The van der Waals surface area contributed by atoms with E-state index < -0.39 is 0 Å². The van der Waals surface area contributed by atoms with Crippen molar-refractivity contribution in [1.82, 2.24) is 10.2 Å². The van der Waals surface area contributed by atoms with E-state index in [1.54, 1.807) is 0 Å². The molecule has 2 atom stereocenters. The van der Waals surface area contributed by atoms with Gasteiger partial charge in [-0.1, -0.05) is 60.7 Å². The van der Waals surface area contributed by atoms with Gasteiger partial charge in [0.1, 0.15) is 0 Å². The van der Waals surface area contributed by atoms with Crippen molar-refractivity contribution in [2.45, 2.75) is 38.4 Å². The molecule has 2 aromatic rings. The van der Waals surface area contributed by atoms with Crippen LogP contribution in [0.3, 0.4) is 0 Å². The van der Waals surface area contributed by atoms with E-state index in [-0.39, 0.29) is 18.0 Å². The van der Waals surface area contributed by atoms with E-state index in [0.717, 1.165) is 31.5 Å². The summed E-state index contributed by atoms with van der Waals surface area (Å²) >= 11 is 0. The Hall–Kier alpha value is -2.13. The lowest BCUT2D eigenvalue weighted by molar-refractivity contribution is -0.126. The molecule has 3 heteroatoms. The Bertz CT molecular complexity index is 627. The highest BCUT2D eigenvalue weighted by Crippen LogP contribution is 2.21. The quantitative estimate of drug-likeness (QED) is 0.916. The van der Waals surface area contributed by atoms with Gasteiger partial charge in [-0.3, -0.25) is 9.69 Å². The fourth-order valence-corrected chi connectivity index (χ4v) is 3.26. The minimum absolute atomic E-state index is 0.0126. The van der Waals surface area contributed by atoms with E-state index in [2.05, 4.69) is 46.6 Å². The molecule has 2 unspecified atom stereocenters. The van der Waals surface area contributed by atoms with Crippen LogP contribution < -0.4 is 5.32 Å². The van der Waals surface area contributed by atoms with Crippen molar-refractivity contribution in [2.24, 2.45) is 0 Å². The minimum atomic E-state index is -0.0126. The molecule has 1 aliphatic rings. The number of carbonyl (C=O) groups is 1. The molecule has 1 saturated heterocycles. The Kier molecular flexibility index (Phi) is 5.09. The van der Waals surface area contributed by atoms with Gasteiger partial charge in [0.2, 0.25) is 5.91 Å². The third-order valence-electron chi connectivity index (χ3n) is 4.55. The van der Waals surface area contributed by atoms with Gasteiger partial charge in [0.15, 0.2) is 0 Å². The maximum Gasteiger partial charge on any atom is 0.237 e. The minimum Gasteiger partial charge on any atom is -0.348 e. The van der Waals surface area contributed by atoms with E-state index in [1.807, 2.05) is 31.2 Å². The fraction of sp³-hybridized carbons (Fsp3) is 0.350. The molecule has 0 bridgehead atoms. The summed E-state index contributed by atoms with van der Waals surface area (Å²) in [5.74, 6) is 0.148. The van der Waals surface area contributed by atoms with Crippen molar-refractivity contribution in [3.05, 3.63) is 71.8 Å². The van der Waals surface area contributed by atoms with Crippen LogP contribution in [-0.2, 0) is 11.3 Å². The second kappa shape index (κ2) is 7.42. The van der Waals surface area contributed by atoms with Crippen molar-refractivity contribution in [3.8, 4) is 0 Å². The molecule has 0 aromatic heterocycles. The smallest absolute Gasteiger partial charge is 0.237 e. The van der Waals surface area contributed by atoms with Gasteiger partial charge in [0.05, 0.1) is 12.1 Å². The highest BCUT2D eigenvalue weighted by Gasteiger charge is 2.31. The Morgan fingerprint density at radius 1 is 1.13 bits per heavy atom. The molecular formula is C20H24N2O. The largest absolute Gasteiger partial charge is 0.348 e. The summed E-state index contributed by atoms with van der Waals surface area (Å²) in [7, 11) is 0. The predicted octanol–water partition coefficient (Wildman–Crippen LogP) is 3.53. The van der Waals surface area contributed by atoms with Crippen molar-refractivity contribution < 1.29 is 4.79 Å². The molecule has 120 valence electrons. The number of amides is 1. The number of nitrogens with one attached hydrogen (secondary N) is 1. The fourth-order valence-electron chi connectivity index (χ4n) is 3.26. The summed E-state index contributed by atoms with van der Waals surface area (Å²) in [6.45, 7) is 3.88. The van der Waals surface area contributed by atoms with Gasteiger partial charge in [-0.2, -0.15) is 0 Å². The molecule has 0 radical (unpaired) electrons. The number of hydrogen-bond acceptors (Lipinski definition) is 2. The van der Waals surface area contributed by atoms with Crippen molar-refractivity contribution in [2.75, 3.05) is 6.54 Å². The van der Waals surface area contributed by atoms with E-state index in [9.17, 15) is 4.79 Å². The maximum atomic E-state index is 12.7. The Morgan fingerprint density at radius 3 is 2.48 bits per heavy atom. The molecule has 3 rings (SSSR count). The zero-order valence-corrected chi connectivity index (χ0v) is 13.6. The molecule has 23 heavy (non-hydrogen) atoms. The zero-order valence-electron chi connectivity index (χ0n) is 13.6. The van der Waals surface area contributed by atoms with Gasteiger partial charge in [-0.05, 0) is 37.4 Å². The first-order valence-electron chi connectivity index (χ1n) is 8.37. The molecule has 0 spiro atoms. The third kappa shape index (κ3) is 3.99. The van der Waals surface area contributed by atoms with Crippen LogP contribution in [-0.4, -0.2) is 23.4 Å². The Morgan fingerprint density at radius 2 is 1.78 bits per heavy atom. The van der Waals surface area contributed by atoms with Gasteiger partial charge in [0.25, 0.3) is 0 Å². The number of nitrogens with zero attached hydrogens (tertiary/aromatic N) is 1. The molecule has 1 amide bonds. The number of hydrogen-bond donors (Lipinski definition) is 1. The molecule has 1 aliphatic heterocycles. The number of likely N-dealkylation sites (tertiary alicyclic amines) is 1. The number of benzene rings is 2. The highest BCUT2D eigenvalue weighted by atomic mass is 16.2. The third-order valence-corrected chi connectivity index (χ3v) is 4.55. The van der Waals surface area contributed by atoms with Gasteiger partial charge in [-0.25, -0.2) is 0 Å². The summed E-state index contributed by atoms with van der Waals surface area (Å²) in [5, 5.41) is 3.17. The summed E-state index contributed by atoms with van der Waals surface area (Å²) in [6.07, 6.45) is 2.03. The first-order valence-corrected chi connectivity index (χ1v) is 8.37. The molecular weight excluding hydrogens is 284 g/mol. The van der Waals surface area contributed by atoms with E-state index in [0.29, 0.717) is 0 Å². The first-order chi connectivity index (χ1) is 11.2. The maximum absolute atomic E-state index is 12.7. The molecule has 1 N–H and O–H groups in total. The summed E-state index contributed by atoms with van der Waals surface area (Å²) < 4.78 is 0. The highest BCUT2D eigenvalue weighted by molar-refractivity contribution is 5.82.